The molecule has 0 radical (unpaired) electrons. The third-order valence-electron chi connectivity index (χ3n) is 3.60. The highest BCUT2D eigenvalue weighted by atomic mass is 16.5. The van der Waals surface area contributed by atoms with Crippen molar-refractivity contribution in [3.63, 3.8) is 0 Å². The SMILES string of the molecule is CCNC(=O)c1cc(CN(Cc2ccco2)C(=O)c2cccnc2)on1. The van der Waals surface area contributed by atoms with Crippen LogP contribution in [0.2, 0.25) is 0 Å². The maximum absolute atomic E-state index is 12.8. The van der Waals surface area contributed by atoms with Gasteiger partial charge in [0.05, 0.1) is 24.9 Å². The molecule has 0 aliphatic carbocycles. The number of furan rings is 1. The number of nitrogens with one attached hydrogen (secondary N) is 1. The topological polar surface area (TPSA) is 101 Å². The average Bonchev–Trinajstić information content (AvgIpc) is 3.33. The van der Waals surface area contributed by atoms with Crippen LogP contribution in [-0.2, 0) is 13.1 Å². The summed E-state index contributed by atoms with van der Waals surface area (Å²) in [6, 6.07) is 8.44. The first-order valence-electron chi connectivity index (χ1n) is 8.13. The highest BCUT2D eigenvalue weighted by Crippen LogP contribution is 2.15. The molecular weight excluding hydrogens is 336 g/mol. The molecule has 2 amide bonds. The Morgan fingerprint density at radius 1 is 1.19 bits per heavy atom. The van der Waals surface area contributed by atoms with Crippen molar-refractivity contribution < 1.29 is 18.5 Å². The van der Waals surface area contributed by atoms with Gasteiger partial charge < -0.3 is 19.2 Å². The van der Waals surface area contributed by atoms with E-state index >= 15 is 0 Å². The van der Waals surface area contributed by atoms with Crippen molar-refractivity contribution in [3.8, 4) is 0 Å². The lowest BCUT2D eigenvalue weighted by molar-refractivity contribution is 0.0699. The van der Waals surface area contributed by atoms with Gasteiger partial charge in [-0.1, -0.05) is 5.16 Å². The summed E-state index contributed by atoms with van der Waals surface area (Å²) in [5.41, 5.74) is 0.621. The van der Waals surface area contributed by atoms with Crippen LogP contribution in [-0.4, -0.2) is 33.4 Å². The fourth-order valence-corrected chi connectivity index (χ4v) is 2.40. The highest BCUT2D eigenvalue weighted by molar-refractivity contribution is 5.94. The number of carbonyl (C=O) groups is 2. The molecule has 8 nitrogen and oxygen atoms in total. The Morgan fingerprint density at radius 2 is 2.04 bits per heavy atom. The standard InChI is InChI=1S/C18H18N4O4/c1-2-20-17(23)16-9-15(26-21-16)12-22(11-14-6-4-8-25-14)18(24)13-5-3-7-19-10-13/h3-10H,2,11-12H2,1H3,(H,20,23). The Bertz CT molecular complexity index is 858. The Hall–Kier alpha value is -3.42. The molecule has 0 spiro atoms. The van der Waals surface area contributed by atoms with Crippen LogP contribution < -0.4 is 5.32 Å². The molecule has 0 fully saturated rings. The maximum atomic E-state index is 12.8. The Balaban J connectivity index is 1.79. The van der Waals surface area contributed by atoms with Gasteiger partial charge in [-0.25, -0.2) is 0 Å². The first-order chi connectivity index (χ1) is 12.7. The number of pyridine rings is 1. The predicted molar refractivity (Wildman–Crippen MR) is 91.0 cm³/mol. The maximum Gasteiger partial charge on any atom is 0.273 e. The Labute approximate surface area is 149 Å². The van der Waals surface area contributed by atoms with Crippen LogP contribution in [0.25, 0.3) is 0 Å². The lowest BCUT2D eigenvalue weighted by atomic mass is 10.2. The molecule has 3 aromatic heterocycles. The number of hydrogen-bond acceptors (Lipinski definition) is 6. The zero-order valence-electron chi connectivity index (χ0n) is 14.2. The van der Waals surface area contributed by atoms with Crippen molar-refractivity contribution in [1.82, 2.24) is 20.4 Å². The van der Waals surface area contributed by atoms with Crippen molar-refractivity contribution in [2.45, 2.75) is 20.0 Å². The molecule has 0 unspecified atom stereocenters. The van der Waals surface area contributed by atoms with E-state index in [1.807, 2.05) is 6.92 Å². The second-order valence-electron chi connectivity index (χ2n) is 5.52. The number of aromatic nitrogens is 2. The minimum Gasteiger partial charge on any atom is -0.467 e. The minimum absolute atomic E-state index is 0.140. The summed E-state index contributed by atoms with van der Waals surface area (Å²) in [6.07, 6.45) is 4.64. The quantitative estimate of drug-likeness (QED) is 0.698. The monoisotopic (exact) mass is 354 g/mol. The molecule has 3 heterocycles. The fourth-order valence-electron chi connectivity index (χ4n) is 2.40. The van der Waals surface area contributed by atoms with Crippen molar-refractivity contribution in [2.75, 3.05) is 6.54 Å². The minimum atomic E-state index is -0.321. The number of amides is 2. The van der Waals surface area contributed by atoms with E-state index in [9.17, 15) is 9.59 Å². The van der Waals surface area contributed by atoms with Gasteiger partial charge in [0, 0.05) is 25.0 Å². The van der Waals surface area contributed by atoms with Gasteiger partial charge in [-0.2, -0.15) is 0 Å². The summed E-state index contributed by atoms with van der Waals surface area (Å²) in [5, 5.41) is 6.40. The van der Waals surface area contributed by atoms with E-state index in [-0.39, 0.29) is 30.6 Å². The summed E-state index contributed by atoms with van der Waals surface area (Å²) in [7, 11) is 0. The molecule has 0 atom stereocenters. The van der Waals surface area contributed by atoms with Gasteiger partial charge in [-0.05, 0) is 31.2 Å². The Kier molecular flexibility index (Phi) is 5.43. The van der Waals surface area contributed by atoms with Gasteiger partial charge in [-0.15, -0.1) is 0 Å². The van der Waals surface area contributed by atoms with Crippen LogP contribution in [0.5, 0.6) is 0 Å². The molecular formula is C18H18N4O4. The first-order valence-corrected chi connectivity index (χ1v) is 8.13. The molecule has 26 heavy (non-hydrogen) atoms. The second-order valence-corrected chi connectivity index (χ2v) is 5.52. The van der Waals surface area contributed by atoms with Crippen LogP contribution in [0.3, 0.4) is 0 Å². The molecule has 1 N–H and O–H groups in total. The van der Waals surface area contributed by atoms with Gasteiger partial charge >= 0.3 is 0 Å². The number of hydrogen-bond donors (Lipinski definition) is 1. The molecule has 0 aliphatic rings. The summed E-state index contributed by atoms with van der Waals surface area (Å²) in [4.78, 5) is 30.2. The van der Waals surface area contributed by atoms with Gasteiger partial charge in [0.15, 0.2) is 11.5 Å². The zero-order valence-corrected chi connectivity index (χ0v) is 14.2. The lowest BCUT2D eigenvalue weighted by Gasteiger charge is -2.20. The molecule has 0 saturated heterocycles. The van der Waals surface area contributed by atoms with E-state index in [1.54, 1.807) is 36.7 Å². The molecule has 134 valence electrons. The van der Waals surface area contributed by atoms with Crippen molar-refractivity contribution in [2.24, 2.45) is 0 Å². The predicted octanol–water partition coefficient (Wildman–Crippen LogP) is 2.25. The van der Waals surface area contributed by atoms with Gasteiger partial charge in [0.1, 0.15) is 5.76 Å². The van der Waals surface area contributed by atoms with Gasteiger partial charge in [0.2, 0.25) is 0 Å². The van der Waals surface area contributed by atoms with Crippen LogP contribution >= 0.6 is 0 Å². The molecule has 3 rings (SSSR count). The Morgan fingerprint density at radius 3 is 2.73 bits per heavy atom. The summed E-state index contributed by atoms with van der Waals surface area (Å²) in [6.45, 7) is 2.69. The van der Waals surface area contributed by atoms with Crippen molar-refractivity contribution >= 4 is 11.8 Å². The van der Waals surface area contributed by atoms with E-state index in [4.69, 9.17) is 8.94 Å². The van der Waals surface area contributed by atoms with Crippen molar-refractivity contribution in [3.05, 3.63) is 71.8 Å². The third kappa shape index (κ3) is 4.15. The molecule has 3 aromatic rings. The van der Waals surface area contributed by atoms with E-state index in [1.165, 1.54) is 17.2 Å². The van der Waals surface area contributed by atoms with E-state index in [0.717, 1.165) is 0 Å². The molecule has 0 aliphatic heterocycles. The van der Waals surface area contributed by atoms with Crippen LogP contribution in [0, 0.1) is 0 Å². The third-order valence-corrected chi connectivity index (χ3v) is 3.60. The van der Waals surface area contributed by atoms with Crippen molar-refractivity contribution in [1.29, 1.82) is 0 Å². The number of nitrogens with zero attached hydrogens (tertiary/aromatic N) is 3. The smallest absolute Gasteiger partial charge is 0.273 e. The van der Waals surface area contributed by atoms with E-state index in [0.29, 0.717) is 23.6 Å². The summed E-state index contributed by atoms with van der Waals surface area (Å²) >= 11 is 0. The summed E-state index contributed by atoms with van der Waals surface area (Å²) < 4.78 is 10.6. The zero-order chi connectivity index (χ0) is 18.4. The second kappa shape index (κ2) is 8.11. The van der Waals surface area contributed by atoms with Gasteiger partial charge in [-0.3, -0.25) is 14.6 Å². The van der Waals surface area contributed by atoms with Crippen LogP contribution in [0.4, 0.5) is 0 Å². The molecule has 0 saturated carbocycles. The summed E-state index contributed by atoms with van der Waals surface area (Å²) in [5.74, 6) is 0.477. The average molecular weight is 354 g/mol. The van der Waals surface area contributed by atoms with E-state index in [2.05, 4.69) is 15.5 Å². The molecule has 0 bridgehead atoms. The lowest BCUT2D eigenvalue weighted by Crippen LogP contribution is -2.30. The van der Waals surface area contributed by atoms with Gasteiger partial charge in [0.25, 0.3) is 11.8 Å². The molecule has 8 heteroatoms. The first kappa shape index (κ1) is 17.4. The van der Waals surface area contributed by atoms with Crippen LogP contribution in [0.15, 0.2) is 57.9 Å². The normalized spacial score (nSPS) is 10.5. The fraction of sp³-hybridized carbons (Fsp3) is 0.222. The van der Waals surface area contributed by atoms with E-state index < -0.39 is 0 Å². The molecule has 0 aromatic carbocycles. The number of rotatable bonds is 7. The largest absolute Gasteiger partial charge is 0.467 e. The number of carbonyl (C=O) groups excluding carboxylic acids is 2. The highest BCUT2D eigenvalue weighted by Gasteiger charge is 2.21. The van der Waals surface area contributed by atoms with Crippen LogP contribution in [0.1, 0.15) is 39.3 Å².